The van der Waals surface area contributed by atoms with Crippen molar-refractivity contribution in [3.05, 3.63) is 41.3 Å². The minimum atomic E-state index is -5.70. The van der Waals surface area contributed by atoms with Crippen LogP contribution in [-0.4, -0.2) is 13.9 Å². The summed E-state index contributed by atoms with van der Waals surface area (Å²) in [4.78, 5) is 0.848. The maximum Gasteiger partial charge on any atom is 0.534 e. The Labute approximate surface area is 128 Å². The molecule has 0 unspecified atom stereocenters. The Balaban J connectivity index is 2.29. The summed E-state index contributed by atoms with van der Waals surface area (Å²) in [5, 5.41) is 1.81. The van der Waals surface area contributed by atoms with Gasteiger partial charge in [-0.25, -0.2) is 0 Å². The van der Waals surface area contributed by atoms with Gasteiger partial charge in [-0.05, 0) is 29.8 Å². The molecule has 0 saturated heterocycles. The number of alkyl halides is 3. The summed E-state index contributed by atoms with van der Waals surface area (Å²) in [6.45, 7) is 1.79. The van der Waals surface area contributed by atoms with Crippen LogP contribution in [0.25, 0.3) is 20.9 Å². The molecule has 8 heteroatoms. The molecule has 3 nitrogen and oxygen atoms in total. The van der Waals surface area contributed by atoms with E-state index in [4.69, 9.17) is 0 Å². The van der Waals surface area contributed by atoms with Crippen molar-refractivity contribution < 1.29 is 25.8 Å². The molecule has 0 spiro atoms. The number of benzene rings is 2. The van der Waals surface area contributed by atoms with E-state index in [0.29, 0.717) is 15.5 Å². The number of aryl methyl sites for hydroxylation is 1. The third-order valence-electron chi connectivity index (χ3n) is 3.10. The normalized spacial score (nSPS) is 12.9. The fourth-order valence-electron chi connectivity index (χ4n) is 2.18. The highest BCUT2D eigenvalue weighted by molar-refractivity contribution is 7.88. The molecular weight excluding hydrogens is 337 g/mol. The van der Waals surface area contributed by atoms with Crippen LogP contribution in [0.5, 0.6) is 5.75 Å². The van der Waals surface area contributed by atoms with Crippen LogP contribution < -0.4 is 4.18 Å². The maximum absolute atomic E-state index is 12.5. The van der Waals surface area contributed by atoms with Crippen LogP contribution in [0.2, 0.25) is 0 Å². The van der Waals surface area contributed by atoms with Crippen LogP contribution in [-0.2, 0) is 10.1 Å². The lowest BCUT2D eigenvalue weighted by Crippen LogP contribution is -2.28. The Hall–Kier alpha value is -1.80. The molecule has 0 radical (unpaired) electrons. The number of fused-ring (bicyclic) bond motifs is 3. The molecule has 2 aromatic carbocycles. The van der Waals surface area contributed by atoms with Crippen molar-refractivity contribution in [3.8, 4) is 5.75 Å². The number of thiophene rings is 1. The Morgan fingerprint density at radius 2 is 1.77 bits per heavy atom. The van der Waals surface area contributed by atoms with E-state index in [1.807, 2.05) is 12.1 Å². The summed E-state index contributed by atoms with van der Waals surface area (Å²) in [7, 11) is -5.70. The molecule has 0 N–H and O–H groups in total. The third kappa shape index (κ3) is 2.42. The van der Waals surface area contributed by atoms with Gasteiger partial charge in [-0.2, -0.15) is 21.6 Å². The highest BCUT2D eigenvalue weighted by Crippen LogP contribution is 2.40. The molecule has 1 heterocycles. The van der Waals surface area contributed by atoms with Crippen molar-refractivity contribution in [1.82, 2.24) is 0 Å². The van der Waals surface area contributed by atoms with E-state index < -0.39 is 15.6 Å². The second-order valence-electron chi connectivity index (χ2n) is 4.68. The van der Waals surface area contributed by atoms with E-state index in [0.717, 1.165) is 10.3 Å². The van der Waals surface area contributed by atoms with Crippen molar-refractivity contribution in [2.45, 2.75) is 12.4 Å². The van der Waals surface area contributed by atoms with Crippen LogP contribution in [0.1, 0.15) is 4.88 Å². The Morgan fingerprint density at radius 3 is 2.45 bits per heavy atom. The molecule has 0 fully saturated rings. The quantitative estimate of drug-likeness (QED) is 0.503. The number of hydrogen-bond donors (Lipinski definition) is 0. The van der Waals surface area contributed by atoms with Crippen molar-refractivity contribution in [1.29, 1.82) is 0 Å². The van der Waals surface area contributed by atoms with Gasteiger partial charge in [0.2, 0.25) is 0 Å². The predicted octanol–water partition coefficient (Wildman–Crippen LogP) is 4.59. The topological polar surface area (TPSA) is 43.4 Å². The molecule has 0 atom stereocenters. The molecular formula is C14H9F3O3S2. The van der Waals surface area contributed by atoms with E-state index in [1.54, 1.807) is 25.1 Å². The van der Waals surface area contributed by atoms with Gasteiger partial charge in [0.1, 0.15) is 0 Å². The summed E-state index contributed by atoms with van der Waals surface area (Å²) in [5.74, 6) is -0.310. The Kier molecular flexibility index (Phi) is 3.33. The summed E-state index contributed by atoms with van der Waals surface area (Å²) >= 11 is 1.37. The monoisotopic (exact) mass is 346 g/mol. The van der Waals surface area contributed by atoms with Gasteiger partial charge in [0.05, 0.1) is 0 Å². The number of halogens is 3. The number of hydrogen-bond acceptors (Lipinski definition) is 4. The average Bonchev–Trinajstić information content (AvgIpc) is 2.79. The van der Waals surface area contributed by atoms with E-state index in [-0.39, 0.29) is 5.75 Å². The lowest BCUT2D eigenvalue weighted by Gasteiger charge is -2.11. The second-order valence-corrected chi connectivity index (χ2v) is 7.47. The van der Waals surface area contributed by atoms with Gasteiger partial charge in [0, 0.05) is 15.0 Å². The smallest absolute Gasteiger partial charge is 0.375 e. The van der Waals surface area contributed by atoms with Crippen LogP contribution in [0.3, 0.4) is 0 Å². The molecule has 3 aromatic rings. The summed E-state index contributed by atoms with van der Waals surface area (Å²) in [5.41, 5.74) is -5.46. The van der Waals surface area contributed by atoms with Crippen LogP contribution in [0.4, 0.5) is 13.2 Å². The largest absolute Gasteiger partial charge is 0.534 e. The molecule has 0 aliphatic carbocycles. The molecule has 0 aliphatic heterocycles. The van der Waals surface area contributed by atoms with Gasteiger partial charge >= 0.3 is 15.6 Å². The second kappa shape index (κ2) is 4.85. The first-order valence-electron chi connectivity index (χ1n) is 6.12. The van der Waals surface area contributed by atoms with Crippen LogP contribution in [0, 0.1) is 6.92 Å². The summed E-state index contributed by atoms with van der Waals surface area (Å²) in [6.07, 6.45) is 0. The molecule has 22 heavy (non-hydrogen) atoms. The fraction of sp³-hybridized carbons (Fsp3) is 0.143. The minimum absolute atomic E-state index is 0.310. The first-order chi connectivity index (χ1) is 10.2. The standard InChI is InChI=1S/C14H9F3O3S2/c1-8-6-11-12(20-22(18,19)14(15,16)17)7-9-4-2-3-5-10(9)13(11)21-8/h2-7H,1H3. The molecule has 0 aliphatic rings. The van der Waals surface area contributed by atoms with E-state index >= 15 is 0 Å². The molecule has 3 rings (SSSR count). The minimum Gasteiger partial charge on any atom is -0.375 e. The van der Waals surface area contributed by atoms with Crippen molar-refractivity contribution in [2.75, 3.05) is 0 Å². The van der Waals surface area contributed by atoms with Crippen molar-refractivity contribution in [2.24, 2.45) is 0 Å². The third-order valence-corrected chi connectivity index (χ3v) is 5.15. The lowest BCUT2D eigenvalue weighted by molar-refractivity contribution is -0.0499. The predicted molar refractivity (Wildman–Crippen MR) is 79.7 cm³/mol. The van der Waals surface area contributed by atoms with Gasteiger partial charge in [-0.1, -0.05) is 24.3 Å². The SMILES string of the molecule is Cc1cc2c(OS(=O)(=O)C(F)(F)F)cc3ccccc3c2s1. The van der Waals surface area contributed by atoms with E-state index in [9.17, 15) is 21.6 Å². The van der Waals surface area contributed by atoms with Gasteiger partial charge in [-0.3, -0.25) is 0 Å². The molecule has 1 aromatic heterocycles. The average molecular weight is 346 g/mol. The highest BCUT2D eigenvalue weighted by atomic mass is 32.2. The fourth-order valence-corrected chi connectivity index (χ4v) is 3.71. The molecule has 116 valence electrons. The van der Waals surface area contributed by atoms with Crippen LogP contribution in [0.15, 0.2) is 36.4 Å². The summed E-state index contributed by atoms with van der Waals surface area (Å²) in [6, 6.07) is 9.98. The number of rotatable bonds is 2. The van der Waals surface area contributed by atoms with Gasteiger partial charge in [0.15, 0.2) is 5.75 Å². The van der Waals surface area contributed by atoms with Gasteiger partial charge in [0.25, 0.3) is 0 Å². The molecule has 0 bridgehead atoms. The van der Waals surface area contributed by atoms with Crippen molar-refractivity contribution in [3.63, 3.8) is 0 Å². The zero-order valence-corrected chi connectivity index (χ0v) is 12.8. The zero-order valence-electron chi connectivity index (χ0n) is 11.1. The lowest BCUT2D eigenvalue weighted by atomic mass is 10.1. The Bertz CT molecular complexity index is 972. The molecule has 0 saturated carbocycles. The van der Waals surface area contributed by atoms with Crippen LogP contribution >= 0.6 is 11.3 Å². The summed E-state index contributed by atoms with van der Waals surface area (Å²) < 4.78 is 65.2. The first-order valence-corrected chi connectivity index (χ1v) is 8.34. The van der Waals surface area contributed by atoms with Crippen molar-refractivity contribution >= 4 is 42.3 Å². The zero-order chi connectivity index (χ0) is 16.1. The molecule has 0 amide bonds. The maximum atomic E-state index is 12.5. The van der Waals surface area contributed by atoms with E-state index in [2.05, 4.69) is 4.18 Å². The van der Waals surface area contributed by atoms with E-state index in [1.165, 1.54) is 17.4 Å². The highest BCUT2D eigenvalue weighted by Gasteiger charge is 2.48. The Morgan fingerprint density at radius 1 is 1.09 bits per heavy atom. The van der Waals surface area contributed by atoms with Gasteiger partial charge < -0.3 is 4.18 Å². The van der Waals surface area contributed by atoms with Gasteiger partial charge in [-0.15, -0.1) is 11.3 Å². The first kappa shape index (κ1) is 15.1.